The first kappa shape index (κ1) is 36.5. The molecule has 0 saturated carbocycles. The molecule has 8 atom stereocenters. The van der Waals surface area contributed by atoms with Gasteiger partial charge in [0.2, 0.25) is 5.91 Å². The molecular weight excluding hydrogens is 688 g/mol. The summed E-state index contributed by atoms with van der Waals surface area (Å²) in [7, 11) is -3.44. The van der Waals surface area contributed by atoms with Crippen molar-refractivity contribution in [3.63, 3.8) is 0 Å². The van der Waals surface area contributed by atoms with Crippen molar-refractivity contribution in [2.24, 2.45) is 5.92 Å². The first-order chi connectivity index (χ1) is 24.4. The van der Waals surface area contributed by atoms with Gasteiger partial charge in [-0.05, 0) is 72.0 Å². The van der Waals surface area contributed by atoms with Gasteiger partial charge in [0.15, 0.2) is 6.29 Å². The molecule has 0 bridgehead atoms. The Kier molecular flexibility index (Phi) is 10.8. The van der Waals surface area contributed by atoms with Crippen LogP contribution in [0.25, 0.3) is 11.1 Å². The molecule has 4 aromatic rings. The summed E-state index contributed by atoms with van der Waals surface area (Å²) in [4.78, 5) is 15.2. The zero-order valence-corrected chi connectivity index (χ0v) is 28.1. The summed E-state index contributed by atoms with van der Waals surface area (Å²) in [5.74, 6) is -3.19. The minimum atomic E-state index is -4.62. The van der Waals surface area contributed by atoms with Gasteiger partial charge in [-0.1, -0.05) is 54.6 Å². The summed E-state index contributed by atoms with van der Waals surface area (Å²) in [6.45, 7) is 0. The minimum absolute atomic E-state index is 0.109. The Hall–Kier alpha value is -4.28. The van der Waals surface area contributed by atoms with Gasteiger partial charge in [0, 0.05) is 18.4 Å². The maximum Gasteiger partial charge on any atom is 0.311 e. The van der Waals surface area contributed by atoms with Crippen LogP contribution < -0.4 is 9.08 Å². The number of amides is 1. The molecule has 2 aliphatic rings. The highest BCUT2D eigenvalue weighted by Crippen LogP contribution is 2.49. The number of β-lactam (4-membered cyclic amide) rings is 1. The smallest absolute Gasteiger partial charge is 0.311 e. The van der Waals surface area contributed by atoms with E-state index in [9.17, 15) is 42.4 Å². The van der Waals surface area contributed by atoms with E-state index in [0.29, 0.717) is 22.4 Å². The average molecular weight is 726 g/mol. The molecule has 2 aliphatic heterocycles. The molecule has 270 valence electrons. The number of methoxy groups -OCH3 is 1. The normalized spacial score (nSPS) is 25.7. The summed E-state index contributed by atoms with van der Waals surface area (Å²) >= 11 is 0. The van der Waals surface area contributed by atoms with Gasteiger partial charge in [0.05, 0.1) is 18.1 Å². The monoisotopic (exact) mass is 725 g/mol. The van der Waals surface area contributed by atoms with Crippen LogP contribution in [0.15, 0.2) is 97.1 Å². The van der Waals surface area contributed by atoms with Crippen LogP contribution in [0, 0.1) is 17.6 Å². The van der Waals surface area contributed by atoms with Crippen molar-refractivity contribution >= 4 is 21.7 Å². The van der Waals surface area contributed by atoms with Gasteiger partial charge in [0.1, 0.15) is 47.6 Å². The van der Waals surface area contributed by atoms with Crippen LogP contribution >= 0.6 is 0 Å². The Morgan fingerprint density at radius 3 is 2.14 bits per heavy atom. The number of rotatable bonds is 12. The molecule has 2 heterocycles. The summed E-state index contributed by atoms with van der Waals surface area (Å²) < 4.78 is 71.0. The molecule has 2 saturated heterocycles. The molecular formula is C37H37F2NO10S. The van der Waals surface area contributed by atoms with E-state index in [-0.39, 0.29) is 24.5 Å². The largest absolute Gasteiger partial charge is 0.388 e. The van der Waals surface area contributed by atoms with Crippen molar-refractivity contribution < 1.29 is 56.1 Å². The zero-order valence-electron chi connectivity index (χ0n) is 27.3. The molecule has 1 amide bonds. The van der Waals surface area contributed by atoms with Crippen molar-refractivity contribution in [3.05, 3.63) is 120 Å². The number of carbonyl (C=O) groups is 1. The van der Waals surface area contributed by atoms with Crippen LogP contribution in [0.3, 0.4) is 0 Å². The predicted molar refractivity (Wildman–Crippen MR) is 181 cm³/mol. The molecule has 11 nitrogen and oxygen atoms in total. The maximum atomic E-state index is 13.9. The molecule has 6 rings (SSSR count). The van der Waals surface area contributed by atoms with Crippen LogP contribution in [-0.4, -0.2) is 78.3 Å². The van der Waals surface area contributed by atoms with Crippen LogP contribution in [0.4, 0.5) is 14.5 Å². The molecule has 2 fully saturated rings. The second-order valence-electron chi connectivity index (χ2n) is 12.6. The highest BCUT2D eigenvalue weighted by molar-refractivity contribution is 7.87. The average Bonchev–Trinajstić information content (AvgIpc) is 3.12. The van der Waals surface area contributed by atoms with E-state index in [2.05, 4.69) is 0 Å². The third kappa shape index (κ3) is 7.82. The number of hydrogen-bond acceptors (Lipinski definition) is 10. The van der Waals surface area contributed by atoms with Crippen molar-refractivity contribution in [1.82, 2.24) is 0 Å². The third-order valence-electron chi connectivity index (χ3n) is 9.25. The first-order valence-electron chi connectivity index (χ1n) is 16.2. The Balaban J connectivity index is 1.36. The first-order valence-corrected chi connectivity index (χ1v) is 17.8. The number of halogens is 2. The lowest BCUT2D eigenvalue weighted by molar-refractivity contribution is -0.285. The van der Waals surface area contributed by atoms with Crippen LogP contribution in [0.1, 0.15) is 36.1 Å². The molecule has 0 aromatic heterocycles. The molecule has 0 aliphatic carbocycles. The van der Waals surface area contributed by atoms with E-state index in [0.717, 1.165) is 5.56 Å². The number of benzene rings is 4. The van der Waals surface area contributed by atoms with E-state index >= 15 is 0 Å². The van der Waals surface area contributed by atoms with E-state index in [1.165, 1.54) is 66.6 Å². The third-order valence-corrected chi connectivity index (χ3v) is 10.4. The topological polar surface area (TPSA) is 163 Å². The van der Waals surface area contributed by atoms with E-state index < -0.39 is 76.3 Å². The molecule has 0 radical (unpaired) electrons. The van der Waals surface area contributed by atoms with Gasteiger partial charge < -0.3 is 39.0 Å². The second-order valence-corrected chi connectivity index (χ2v) is 14.2. The number of anilines is 1. The van der Waals surface area contributed by atoms with Gasteiger partial charge in [-0.2, -0.15) is 8.42 Å². The van der Waals surface area contributed by atoms with Crippen molar-refractivity contribution in [1.29, 1.82) is 0 Å². The Morgan fingerprint density at radius 2 is 1.49 bits per heavy atom. The fraction of sp³-hybridized carbons (Fsp3) is 0.324. The Bertz CT molecular complexity index is 1930. The van der Waals surface area contributed by atoms with Gasteiger partial charge in [-0.15, -0.1) is 0 Å². The summed E-state index contributed by atoms with van der Waals surface area (Å²) in [5, 5.41) is 41.9. The van der Waals surface area contributed by atoms with Gasteiger partial charge >= 0.3 is 10.1 Å². The number of aliphatic hydroxyl groups excluding tert-OH is 4. The molecule has 1 unspecified atom stereocenters. The van der Waals surface area contributed by atoms with Gasteiger partial charge in [0.25, 0.3) is 0 Å². The lowest BCUT2D eigenvalue weighted by atomic mass is 9.77. The minimum Gasteiger partial charge on any atom is -0.388 e. The highest BCUT2D eigenvalue weighted by Gasteiger charge is 2.50. The molecule has 4 aromatic carbocycles. The maximum absolute atomic E-state index is 13.9. The number of carbonyl (C=O) groups excluding carboxylic acids is 1. The zero-order chi connectivity index (χ0) is 36.4. The lowest BCUT2D eigenvalue weighted by Crippen LogP contribution is -2.59. The molecule has 51 heavy (non-hydrogen) atoms. The molecule has 0 spiro atoms. The van der Waals surface area contributed by atoms with Crippen LogP contribution in [-0.2, 0) is 24.4 Å². The van der Waals surface area contributed by atoms with Crippen LogP contribution in [0.2, 0.25) is 0 Å². The van der Waals surface area contributed by atoms with Crippen LogP contribution in [0.5, 0.6) is 5.75 Å². The number of nitrogens with zero attached hydrogens (tertiary/aromatic N) is 1. The number of ether oxygens (including phenoxy) is 2. The number of hydrogen-bond donors (Lipinski definition) is 4. The highest BCUT2D eigenvalue weighted by atomic mass is 32.2. The lowest BCUT2D eigenvalue weighted by Gasteiger charge is -2.48. The summed E-state index contributed by atoms with van der Waals surface area (Å²) in [6.07, 6.45) is -8.93. The molecule has 4 N–H and O–H groups in total. The quantitative estimate of drug-likeness (QED) is 0.124. The Labute approximate surface area is 293 Å². The fourth-order valence-electron chi connectivity index (χ4n) is 6.55. The van der Waals surface area contributed by atoms with Gasteiger partial charge in [-0.3, -0.25) is 4.79 Å². The van der Waals surface area contributed by atoms with Crippen molar-refractivity contribution in [3.8, 4) is 16.9 Å². The second kappa shape index (κ2) is 15.1. The summed E-state index contributed by atoms with van der Waals surface area (Å²) in [5.41, 5.74) is 2.41. The van der Waals surface area contributed by atoms with E-state index in [4.69, 9.17) is 13.7 Å². The number of aliphatic hydroxyl groups is 4. The standard InChI is InChI=1S/C37H37F2NO10S/c1-48-37-35(44)34(43)33(42)31(49-37)20-51(46,47)50-30-19-23(21-5-3-2-4-6-21)9-16-27(30)32-28(17-18-29(41)22-7-10-24(38)11-8-22)36(45)40(32)26-14-12-25(39)13-15-26/h2-16,19,28-29,31-35,37,41-44H,17-18,20H2,1H3/t28-,29+,31?,32-,33+,34-,35+,37-/m1/s1. The summed E-state index contributed by atoms with van der Waals surface area (Å²) in [6, 6.07) is 23.7. The van der Waals surface area contributed by atoms with Crippen molar-refractivity contribution in [2.45, 2.75) is 55.7 Å². The van der Waals surface area contributed by atoms with E-state index in [1.54, 1.807) is 24.3 Å². The predicted octanol–water partition coefficient (Wildman–Crippen LogP) is 4.01. The SMILES string of the molecule is CO[C@@H]1OC(CS(=O)(=O)Oc2cc(-c3ccccc3)ccc2[C@@H]2[C@@H](CC[C@H](O)c3ccc(F)cc3)C(=O)N2c2ccc(F)cc2)[C@H](O)[C@@H](O)[C@@H]1O. The van der Waals surface area contributed by atoms with E-state index in [1.807, 2.05) is 18.2 Å². The fourth-order valence-corrected chi connectivity index (χ4v) is 7.71. The molecule has 14 heteroatoms. The Morgan fingerprint density at radius 1 is 0.843 bits per heavy atom. The van der Waals surface area contributed by atoms with Gasteiger partial charge in [-0.25, -0.2) is 8.78 Å². The van der Waals surface area contributed by atoms with Crippen molar-refractivity contribution in [2.75, 3.05) is 17.8 Å².